The number of hydrogen-bond acceptors (Lipinski definition) is 2. The minimum atomic E-state index is -3.68. The number of nitrogens with two attached hydrogens (primary N) is 1. The van der Waals surface area contributed by atoms with E-state index in [1.807, 2.05) is 0 Å². The van der Waals surface area contributed by atoms with Crippen molar-refractivity contribution in [2.24, 2.45) is 0 Å². The molecule has 0 saturated carbocycles. The standard InChI is InChI=1S/C7H10AsNO2/c1-8(10,11)6-2-4-7(9)5-3-6/h2-5H,9H2,1H3,(H,10,11). The van der Waals surface area contributed by atoms with Crippen LogP contribution in [0, 0.1) is 0 Å². The molecule has 11 heavy (non-hydrogen) atoms. The summed E-state index contributed by atoms with van der Waals surface area (Å²) in [5.41, 5.74) is 7.38. The molecular weight excluding hydrogens is 205 g/mol. The number of nitrogen functional groups attached to an aromatic ring is 1. The molecule has 4 heteroatoms. The average Bonchev–Trinajstić information content (AvgIpc) is 1.86. The Bertz CT molecular complexity index is 288. The molecule has 0 heterocycles. The third-order valence-corrected chi connectivity index (χ3v) is 4.01. The van der Waals surface area contributed by atoms with Crippen LogP contribution in [-0.4, -0.2) is 17.9 Å². The Balaban J connectivity index is 3.09. The molecule has 0 aromatic heterocycles. The minimum absolute atomic E-state index is 0.498. The van der Waals surface area contributed by atoms with Crippen LogP contribution in [0.1, 0.15) is 0 Å². The van der Waals surface area contributed by atoms with Crippen LogP contribution in [0.2, 0.25) is 5.71 Å². The van der Waals surface area contributed by atoms with Crippen molar-refractivity contribution in [1.29, 1.82) is 0 Å². The Kier molecular flexibility index (Phi) is 2.12. The monoisotopic (exact) mass is 215 g/mol. The summed E-state index contributed by atoms with van der Waals surface area (Å²) >= 11 is -3.68. The number of anilines is 1. The Labute approximate surface area is 67.9 Å². The van der Waals surface area contributed by atoms with Gasteiger partial charge in [0.1, 0.15) is 0 Å². The van der Waals surface area contributed by atoms with Crippen LogP contribution in [0.4, 0.5) is 5.69 Å². The molecule has 1 aromatic carbocycles. The van der Waals surface area contributed by atoms with Gasteiger partial charge in [-0.05, 0) is 0 Å². The molecule has 1 rings (SSSR count). The molecule has 0 aliphatic heterocycles. The average molecular weight is 215 g/mol. The van der Waals surface area contributed by atoms with E-state index in [1.165, 1.54) is 5.71 Å². The maximum atomic E-state index is 11.1. The molecule has 0 amide bonds. The van der Waals surface area contributed by atoms with Crippen LogP contribution >= 0.6 is 0 Å². The van der Waals surface area contributed by atoms with Crippen molar-refractivity contribution in [3.8, 4) is 0 Å². The van der Waals surface area contributed by atoms with Crippen molar-refractivity contribution in [2.45, 2.75) is 5.71 Å². The summed E-state index contributed by atoms with van der Waals surface area (Å²) in [6.07, 6.45) is 0. The molecule has 0 bridgehead atoms. The molecule has 0 spiro atoms. The first-order valence-corrected chi connectivity index (χ1v) is 7.58. The first-order chi connectivity index (χ1) is 5.00. The topological polar surface area (TPSA) is 63.3 Å². The normalized spacial score (nSPS) is 15.8. The maximum absolute atomic E-state index is 11.1. The van der Waals surface area contributed by atoms with Gasteiger partial charge in [0.25, 0.3) is 0 Å². The zero-order valence-corrected chi connectivity index (χ0v) is 8.07. The summed E-state index contributed by atoms with van der Waals surface area (Å²) in [7, 11) is 0. The second kappa shape index (κ2) is 2.76. The molecule has 0 fully saturated rings. The molecule has 1 atom stereocenters. The molecule has 0 saturated heterocycles. The number of hydrogen-bond donors (Lipinski definition) is 2. The van der Waals surface area contributed by atoms with Gasteiger partial charge in [-0.2, -0.15) is 0 Å². The van der Waals surface area contributed by atoms with Crippen molar-refractivity contribution in [2.75, 3.05) is 5.73 Å². The Morgan fingerprint density at radius 3 is 2.18 bits per heavy atom. The summed E-state index contributed by atoms with van der Waals surface area (Å²) in [6, 6.07) is 6.44. The zero-order valence-electron chi connectivity index (χ0n) is 6.19. The van der Waals surface area contributed by atoms with Crippen molar-refractivity contribution in [1.82, 2.24) is 0 Å². The molecule has 0 aliphatic rings. The van der Waals surface area contributed by atoms with Crippen LogP contribution in [0.25, 0.3) is 0 Å². The molecule has 1 aromatic rings. The third kappa shape index (κ3) is 2.14. The second-order valence-electron chi connectivity index (χ2n) is 2.47. The van der Waals surface area contributed by atoms with Crippen molar-refractivity contribution in [3.63, 3.8) is 0 Å². The molecular formula is C7H10AsNO2. The first-order valence-electron chi connectivity index (χ1n) is 3.16. The SMILES string of the molecule is C[As](=O)(O)c1ccc(N)cc1. The summed E-state index contributed by atoms with van der Waals surface area (Å²) < 4.78 is 20.8. The quantitative estimate of drug-likeness (QED) is 0.510. The molecule has 1 unspecified atom stereocenters. The van der Waals surface area contributed by atoms with Gasteiger partial charge in [-0.15, -0.1) is 0 Å². The van der Waals surface area contributed by atoms with Gasteiger partial charge in [0.15, 0.2) is 0 Å². The number of benzene rings is 1. The summed E-state index contributed by atoms with van der Waals surface area (Å²) in [5, 5.41) is 0. The Morgan fingerprint density at radius 1 is 1.36 bits per heavy atom. The van der Waals surface area contributed by atoms with Crippen molar-refractivity contribution < 1.29 is 7.84 Å². The molecule has 0 aliphatic carbocycles. The van der Waals surface area contributed by atoms with Crippen LogP contribution in [-0.2, 0) is 3.74 Å². The first kappa shape index (κ1) is 8.44. The van der Waals surface area contributed by atoms with E-state index in [2.05, 4.69) is 0 Å². The van der Waals surface area contributed by atoms with Gasteiger partial charge < -0.3 is 0 Å². The fourth-order valence-corrected chi connectivity index (χ4v) is 2.22. The predicted molar refractivity (Wildman–Crippen MR) is 45.0 cm³/mol. The van der Waals surface area contributed by atoms with E-state index in [1.54, 1.807) is 24.3 Å². The van der Waals surface area contributed by atoms with E-state index in [4.69, 9.17) is 9.83 Å². The van der Waals surface area contributed by atoms with Crippen LogP contribution in [0.15, 0.2) is 24.3 Å². The van der Waals surface area contributed by atoms with Gasteiger partial charge in [-0.3, -0.25) is 0 Å². The van der Waals surface area contributed by atoms with Gasteiger partial charge in [0.05, 0.1) is 0 Å². The van der Waals surface area contributed by atoms with E-state index >= 15 is 0 Å². The molecule has 3 nitrogen and oxygen atoms in total. The van der Waals surface area contributed by atoms with Crippen LogP contribution in [0.3, 0.4) is 0 Å². The van der Waals surface area contributed by atoms with Gasteiger partial charge in [0.2, 0.25) is 0 Å². The summed E-state index contributed by atoms with van der Waals surface area (Å²) in [5.74, 6) is 0. The van der Waals surface area contributed by atoms with Gasteiger partial charge >= 0.3 is 67.4 Å². The van der Waals surface area contributed by atoms with Gasteiger partial charge in [-0.25, -0.2) is 0 Å². The van der Waals surface area contributed by atoms with E-state index < -0.39 is 13.8 Å². The fourth-order valence-electron chi connectivity index (χ4n) is 0.751. The van der Waals surface area contributed by atoms with Gasteiger partial charge in [0, 0.05) is 0 Å². The third-order valence-electron chi connectivity index (χ3n) is 1.37. The Hall–Kier alpha value is -0.662. The van der Waals surface area contributed by atoms with Crippen LogP contribution < -0.4 is 10.1 Å². The number of rotatable bonds is 1. The second-order valence-corrected chi connectivity index (χ2v) is 7.24. The zero-order chi connectivity index (χ0) is 8.48. The van der Waals surface area contributed by atoms with E-state index in [0.717, 1.165) is 0 Å². The fraction of sp³-hybridized carbons (Fsp3) is 0.143. The van der Waals surface area contributed by atoms with Gasteiger partial charge in [-0.1, -0.05) is 0 Å². The molecule has 3 N–H and O–H groups in total. The summed E-state index contributed by atoms with van der Waals surface area (Å²) in [6.45, 7) is 0. The molecule has 0 radical (unpaired) electrons. The van der Waals surface area contributed by atoms with Crippen molar-refractivity contribution >= 4 is 23.9 Å². The van der Waals surface area contributed by atoms with E-state index in [-0.39, 0.29) is 0 Å². The molecule has 60 valence electrons. The van der Waals surface area contributed by atoms with Crippen molar-refractivity contribution in [3.05, 3.63) is 24.3 Å². The van der Waals surface area contributed by atoms with E-state index in [0.29, 0.717) is 10.0 Å². The Morgan fingerprint density at radius 2 is 1.82 bits per heavy atom. The van der Waals surface area contributed by atoms with Crippen LogP contribution in [0.5, 0.6) is 0 Å². The predicted octanol–water partition coefficient (Wildman–Crippen LogP) is -0.0294. The summed E-state index contributed by atoms with van der Waals surface area (Å²) in [4.78, 5) is 0. The van der Waals surface area contributed by atoms with E-state index in [9.17, 15) is 3.74 Å².